The molecule has 0 saturated carbocycles. The van der Waals surface area contributed by atoms with E-state index in [1.165, 1.54) is 0 Å². The van der Waals surface area contributed by atoms with E-state index in [1.807, 2.05) is 12.1 Å². The van der Waals surface area contributed by atoms with Crippen LogP contribution in [-0.4, -0.2) is 22.9 Å². The second-order valence-electron chi connectivity index (χ2n) is 3.28. The summed E-state index contributed by atoms with van der Waals surface area (Å²) in [5.41, 5.74) is 2.45. The number of pyridine rings is 2. The van der Waals surface area contributed by atoms with Gasteiger partial charge in [-0.25, -0.2) is 0 Å². The van der Waals surface area contributed by atoms with Crippen molar-refractivity contribution in [3.63, 3.8) is 0 Å². The van der Waals surface area contributed by atoms with Crippen LogP contribution in [0, 0.1) is 0 Å². The molecule has 0 aliphatic rings. The van der Waals surface area contributed by atoms with Crippen LogP contribution in [0.15, 0.2) is 43.0 Å². The molecule has 0 fully saturated rings. The summed E-state index contributed by atoms with van der Waals surface area (Å²) >= 11 is 0. The fraction of sp³-hybridized carbons (Fsp3) is 0.0833. The summed E-state index contributed by atoms with van der Waals surface area (Å²) in [5.74, 6) is -0.136. The Balaban J connectivity index is 2.40. The van der Waals surface area contributed by atoms with E-state index < -0.39 is 0 Å². The van der Waals surface area contributed by atoms with Crippen molar-refractivity contribution in [3.8, 4) is 11.1 Å². The molecule has 2 aromatic rings. The third-order valence-corrected chi connectivity index (χ3v) is 2.24. The molecule has 1 N–H and O–H groups in total. The third kappa shape index (κ3) is 2.06. The van der Waals surface area contributed by atoms with E-state index in [9.17, 15) is 4.79 Å². The van der Waals surface area contributed by atoms with Crippen LogP contribution in [0.1, 0.15) is 10.4 Å². The fourth-order valence-corrected chi connectivity index (χ4v) is 1.41. The van der Waals surface area contributed by atoms with Gasteiger partial charge in [0.2, 0.25) is 0 Å². The Bertz CT molecular complexity index is 497. The van der Waals surface area contributed by atoms with E-state index in [2.05, 4.69) is 15.3 Å². The minimum Gasteiger partial charge on any atom is -0.355 e. The summed E-state index contributed by atoms with van der Waals surface area (Å²) in [7, 11) is 1.60. The first-order valence-electron chi connectivity index (χ1n) is 4.89. The molecule has 0 unspecified atom stereocenters. The van der Waals surface area contributed by atoms with Crippen molar-refractivity contribution in [3.05, 3.63) is 48.5 Å². The van der Waals surface area contributed by atoms with Crippen molar-refractivity contribution in [2.24, 2.45) is 0 Å². The molecule has 2 heterocycles. The van der Waals surface area contributed by atoms with E-state index >= 15 is 0 Å². The monoisotopic (exact) mass is 213 g/mol. The van der Waals surface area contributed by atoms with Crippen molar-refractivity contribution >= 4 is 5.91 Å². The Kier molecular flexibility index (Phi) is 2.91. The van der Waals surface area contributed by atoms with E-state index in [0.717, 1.165) is 11.1 Å². The van der Waals surface area contributed by atoms with Crippen molar-refractivity contribution in [1.82, 2.24) is 15.3 Å². The van der Waals surface area contributed by atoms with Gasteiger partial charge in [-0.3, -0.25) is 14.8 Å². The SMILES string of the molecule is CNC(=O)c1cncc(-c2ccncc2)c1. The molecule has 2 aromatic heterocycles. The molecule has 4 nitrogen and oxygen atoms in total. The number of rotatable bonds is 2. The first kappa shape index (κ1) is 10.3. The summed E-state index contributed by atoms with van der Waals surface area (Å²) in [4.78, 5) is 19.4. The maximum absolute atomic E-state index is 11.4. The van der Waals surface area contributed by atoms with Crippen LogP contribution in [0.4, 0.5) is 0 Å². The lowest BCUT2D eigenvalue weighted by atomic mass is 10.1. The maximum Gasteiger partial charge on any atom is 0.252 e. The minimum atomic E-state index is -0.136. The molecule has 0 aliphatic heterocycles. The van der Waals surface area contributed by atoms with Crippen LogP contribution in [0.5, 0.6) is 0 Å². The van der Waals surface area contributed by atoms with Crippen LogP contribution < -0.4 is 5.32 Å². The molecule has 0 radical (unpaired) electrons. The molecule has 80 valence electrons. The summed E-state index contributed by atoms with van der Waals surface area (Å²) in [6.45, 7) is 0. The lowest BCUT2D eigenvalue weighted by Gasteiger charge is -2.03. The van der Waals surface area contributed by atoms with Crippen molar-refractivity contribution in [2.45, 2.75) is 0 Å². The zero-order chi connectivity index (χ0) is 11.4. The van der Waals surface area contributed by atoms with Crippen LogP contribution in [0.3, 0.4) is 0 Å². The molecule has 0 spiro atoms. The quantitative estimate of drug-likeness (QED) is 0.822. The van der Waals surface area contributed by atoms with E-state index in [4.69, 9.17) is 0 Å². The zero-order valence-electron chi connectivity index (χ0n) is 8.84. The number of hydrogen-bond acceptors (Lipinski definition) is 3. The van der Waals surface area contributed by atoms with Crippen LogP contribution in [-0.2, 0) is 0 Å². The van der Waals surface area contributed by atoms with E-state index in [0.29, 0.717) is 5.56 Å². The van der Waals surface area contributed by atoms with Gasteiger partial charge in [0.1, 0.15) is 0 Å². The first-order valence-corrected chi connectivity index (χ1v) is 4.89. The van der Waals surface area contributed by atoms with Crippen molar-refractivity contribution in [1.29, 1.82) is 0 Å². The summed E-state index contributed by atoms with van der Waals surface area (Å²) in [5, 5.41) is 2.57. The Labute approximate surface area is 93.4 Å². The summed E-state index contributed by atoms with van der Waals surface area (Å²) in [6.07, 6.45) is 6.69. The van der Waals surface area contributed by atoms with Gasteiger partial charge in [0.25, 0.3) is 5.91 Å². The van der Waals surface area contributed by atoms with Gasteiger partial charge < -0.3 is 5.32 Å². The fourth-order valence-electron chi connectivity index (χ4n) is 1.41. The maximum atomic E-state index is 11.4. The highest BCUT2D eigenvalue weighted by molar-refractivity contribution is 5.94. The van der Waals surface area contributed by atoms with Gasteiger partial charge in [0, 0.05) is 37.4 Å². The normalized spacial score (nSPS) is 9.81. The number of amides is 1. The molecular formula is C12H11N3O. The van der Waals surface area contributed by atoms with Crippen molar-refractivity contribution in [2.75, 3.05) is 7.05 Å². The largest absolute Gasteiger partial charge is 0.355 e. The number of nitrogens with one attached hydrogen (secondary N) is 1. The molecule has 2 rings (SSSR count). The van der Waals surface area contributed by atoms with Gasteiger partial charge in [-0.1, -0.05) is 0 Å². The second kappa shape index (κ2) is 4.53. The number of carbonyl (C=O) groups excluding carboxylic acids is 1. The standard InChI is InChI=1S/C12H11N3O/c1-13-12(16)11-6-10(7-15-8-11)9-2-4-14-5-3-9/h2-8H,1H3,(H,13,16). The van der Waals surface area contributed by atoms with E-state index in [1.54, 1.807) is 37.9 Å². The van der Waals surface area contributed by atoms with Gasteiger partial charge in [-0.15, -0.1) is 0 Å². The topological polar surface area (TPSA) is 54.9 Å². The van der Waals surface area contributed by atoms with Crippen LogP contribution in [0.25, 0.3) is 11.1 Å². The highest BCUT2D eigenvalue weighted by Crippen LogP contribution is 2.17. The Morgan fingerprint density at radius 3 is 2.56 bits per heavy atom. The van der Waals surface area contributed by atoms with Crippen LogP contribution in [0.2, 0.25) is 0 Å². The average Bonchev–Trinajstić information content (AvgIpc) is 2.39. The average molecular weight is 213 g/mol. The predicted molar refractivity (Wildman–Crippen MR) is 60.9 cm³/mol. The third-order valence-electron chi connectivity index (χ3n) is 2.24. The smallest absolute Gasteiger partial charge is 0.252 e. The van der Waals surface area contributed by atoms with Crippen LogP contribution >= 0.6 is 0 Å². The number of aromatic nitrogens is 2. The van der Waals surface area contributed by atoms with Gasteiger partial charge in [-0.2, -0.15) is 0 Å². The first-order chi connectivity index (χ1) is 7.81. The van der Waals surface area contributed by atoms with E-state index in [-0.39, 0.29) is 5.91 Å². The lowest BCUT2D eigenvalue weighted by Crippen LogP contribution is -2.17. The number of carbonyl (C=O) groups is 1. The van der Waals surface area contributed by atoms with Crippen molar-refractivity contribution < 1.29 is 4.79 Å². The summed E-state index contributed by atoms with van der Waals surface area (Å²) < 4.78 is 0. The lowest BCUT2D eigenvalue weighted by molar-refractivity contribution is 0.0963. The molecule has 0 atom stereocenters. The molecule has 0 saturated heterocycles. The molecule has 0 bridgehead atoms. The van der Waals surface area contributed by atoms with Gasteiger partial charge in [-0.05, 0) is 23.8 Å². The molecule has 4 heteroatoms. The Morgan fingerprint density at radius 1 is 1.12 bits per heavy atom. The van der Waals surface area contributed by atoms with Gasteiger partial charge >= 0.3 is 0 Å². The highest BCUT2D eigenvalue weighted by atomic mass is 16.1. The minimum absolute atomic E-state index is 0.136. The highest BCUT2D eigenvalue weighted by Gasteiger charge is 2.05. The Morgan fingerprint density at radius 2 is 1.88 bits per heavy atom. The van der Waals surface area contributed by atoms with Gasteiger partial charge in [0.05, 0.1) is 5.56 Å². The molecule has 0 aromatic carbocycles. The van der Waals surface area contributed by atoms with Gasteiger partial charge in [0.15, 0.2) is 0 Å². The summed E-state index contributed by atoms with van der Waals surface area (Å²) in [6, 6.07) is 5.57. The zero-order valence-corrected chi connectivity index (χ0v) is 8.84. The molecule has 16 heavy (non-hydrogen) atoms. The number of nitrogens with zero attached hydrogens (tertiary/aromatic N) is 2. The predicted octanol–water partition coefficient (Wildman–Crippen LogP) is 1.50. The molecule has 0 aliphatic carbocycles. The molecular weight excluding hydrogens is 202 g/mol. The second-order valence-corrected chi connectivity index (χ2v) is 3.28. The Hall–Kier alpha value is -2.23. The molecule has 1 amide bonds. The number of hydrogen-bond donors (Lipinski definition) is 1.